The Morgan fingerprint density at radius 3 is 2.68 bits per heavy atom. The maximum Gasteiger partial charge on any atom is 0.244 e. The highest BCUT2D eigenvalue weighted by Gasteiger charge is 1.99. The van der Waals surface area contributed by atoms with Gasteiger partial charge < -0.3 is 10.2 Å². The molecule has 0 aliphatic carbocycles. The molecule has 104 valence electrons. The molecule has 0 aliphatic heterocycles. The van der Waals surface area contributed by atoms with Gasteiger partial charge in [-0.15, -0.1) is 0 Å². The normalized spacial score (nSPS) is 11.2. The molecule has 1 amide bonds. The number of likely N-dealkylation sites (N-methyl/N-ethyl adjacent to an activating group) is 1. The van der Waals surface area contributed by atoms with E-state index in [0.717, 1.165) is 25.2 Å². The Morgan fingerprint density at radius 1 is 1.32 bits per heavy atom. The number of carbonyl (C=O) groups excluding carboxylic acids is 1. The van der Waals surface area contributed by atoms with Gasteiger partial charge in [0.2, 0.25) is 5.91 Å². The third kappa shape index (κ3) is 6.20. The van der Waals surface area contributed by atoms with E-state index in [1.54, 1.807) is 6.08 Å². The number of aryl methyl sites for hydroxylation is 1. The smallest absolute Gasteiger partial charge is 0.244 e. The van der Waals surface area contributed by atoms with Crippen molar-refractivity contribution in [3.05, 3.63) is 41.5 Å². The monoisotopic (exact) mass is 260 g/mol. The molecule has 1 aromatic carbocycles. The van der Waals surface area contributed by atoms with Gasteiger partial charge in [0.05, 0.1) is 0 Å². The van der Waals surface area contributed by atoms with Crippen LogP contribution in [0.15, 0.2) is 30.3 Å². The zero-order valence-corrected chi connectivity index (χ0v) is 12.1. The molecule has 1 aromatic rings. The van der Waals surface area contributed by atoms with Gasteiger partial charge in [-0.1, -0.05) is 43.7 Å². The lowest BCUT2D eigenvalue weighted by atomic mass is 10.1. The summed E-state index contributed by atoms with van der Waals surface area (Å²) in [7, 11) is 0. The Morgan fingerprint density at radius 2 is 2.05 bits per heavy atom. The number of carbonyl (C=O) groups is 1. The summed E-state index contributed by atoms with van der Waals surface area (Å²) < 4.78 is 0. The van der Waals surface area contributed by atoms with E-state index in [0.29, 0.717) is 6.54 Å². The number of benzene rings is 1. The lowest BCUT2D eigenvalue weighted by molar-refractivity contribution is -0.116. The Hall–Kier alpha value is -1.61. The molecule has 0 atom stereocenters. The van der Waals surface area contributed by atoms with Crippen LogP contribution in [0.2, 0.25) is 0 Å². The van der Waals surface area contributed by atoms with Crippen LogP contribution >= 0.6 is 0 Å². The van der Waals surface area contributed by atoms with Gasteiger partial charge in [0.1, 0.15) is 0 Å². The first-order chi connectivity index (χ1) is 9.15. The molecule has 0 unspecified atom stereocenters. The molecule has 0 saturated heterocycles. The Balaban J connectivity index is 2.35. The second kappa shape index (κ2) is 8.48. The quantitative estimate of drug-likeness (QED) is 0.764. The third-order valence-corrected chi connectivity index (χ3v) is 3.09. The van der Waals surface area contributed by atoms with Gasteiger partial charge in [-0.25, -0.2) is 0 Å². The minimum atomic E-state index is -0.0336. The van der Waals surface area contributed by atoms with Crippen molar-refractivity contribution in [2.24, 2.45) is 0 Å². The molecule has 1 rings (SSSR count). The van der Waals surface area contributed by atoms with Crippen LogP contribution < -0.4 is 5.32 Å². The fraction of sp³-hybridized carbons (Fsp3) is 0.438. The summed E-state index contributed by atoms with van der Waals surface area (Å²) in [6.07, 6.45) is 3.44. The highest BCUT2D eigenvalue weighted by atomic mass is 16.1. The van der Waals surface area contributed by atoms with Crippen LogP contribution in [0, 0.1) is 6.92 Å². The molecule has 0 radical (unpaired) electrons. The van der Waals surface area contributed by atoms with Gasteiger partial charge in [0.15, 0.2) is 0 Å². The lowest BCUT2D eigenvalue weighted by Gasteiger charge is -2.17. The maximum atomic E-state index is 11.6. The summed E-state index contributed by atoms with van der Waals surface area (Å²) in [6.45, 7) is 9.93. The molecule has 0 aliphatic rings. The summed E-state index contributed by atoms with van der Waals surface area (Å²) in [5.74, 6) is -0.0336. The molecule has 0 bridgehead atoms. The first kappa shape index (κ1) is 15.4. The third-order valence-electron chi connectivity index (χ3n) is 3.09. The standard InChI is InChI=1S/C16H24N2O/c1-4-18(5-2)12-11-17-16(19)10-9-15-8-6-7-14(3)13-15/h6-10,13H,4-5,11-12H2,1-3H3,(H,17,19). The number of nitrogens with one attached hydrogen (secondary N) is 1. The van der Waals surface area contributed by atoms with Gasteiger partial charge in [0.25, 0.3) is 0 Å². The maximum absolute atomic E-state index is 11.6. The van der Waals surface area contributed by atoms with Crippen LogP contribution in [0.1, 0.15) is 25.0 Å². The van der Waals surface area contributed by atoms with Crippen molar-refractivity contribution >= 4 is 12.0 Å². The molecule has 3 nitrogen and oxygen atoms in total. The van der Waals surface area contributed by atoms with Crippen molar-refractivity contribution in [1.82, 2.24) is 10.2 Å². The molecule has 0 heterocycles. The van der Waals surface area contributed by atoms with Gasteiger partial charge in [-0.3, -0.25) is 4.79 Å². The van der Waals surface area contributed by atoms with E-state index < -0.39 is 0 Å². The van der Waals surface area contributed by atoms with Gasteiger partial charge in [-0.2, -0.15) is 0 Å². The fourth-order valence-corrected chi connectivity index (χ4v) is 1.88. The van der Waals surface area contributed by atoms with Crippen LogP contribution in [0.3, 0.4) is 0 Å². The highest BCUT2D eigenvalue weighted by molar-refractivity contribution is 5.91. The van der Waals surface area contributed by atoms with Crippen LogP contribution in [0.4, 0.5) is 0 Å². The topological polar surface area (TPSA) is 32.3 Å². The molecule has 0 aromatic heterocycles. The van der Waals surface area contributed by atoms with Crippen molar-refractivity contribution in [3.8, 4) is 0 Å². The summed E-state index contributed by atoms with van der Waals surface area (Å²) >= 11 is 0. The summed E-state index contributed by atoms with van der Waals surface area (Å²) in [4.78, 5) is 13.9. The van der Waals surface area contributed by atoms with Crippen LogP contribution in [0.5, 0.6) is 0 Å². The first-order valence-electron chi connectivity index (χ1n) is 6.90. The molecule has 0 fully saturated rings. The van der Waals surface area contributed by atoms with E-state index >= 15 is 0 Å². The minimum absolute atomic E-state index is 0.0336. The Labute approximate surface area is 116 Å². The van der Waals surface area contributed by atoms with Gasteiger partial charge in [0, 0.05) is 19.2 Å². The fourth-order valence-electron chi connectivity index (χ4n) is 1.88. The molecule has 0 saturated carbocycles. The molecule has 0 spiro atoms. The zero-order valence-electron chi connectivity index (χ0n) is 12.1. The van der Waals surface area contributed by atoms with E-state index in [4.69, 9.17) is 0 Å². The molecule has 3 heteroatoms. The number of amides is 1. The van der Waals surface area contributed by atoms with Crippen molar-refractivity contribution in [3.63, 3.8) is 0 Å². The van der Waals surface area contributed by atoms with E-state index in [9.17, 15) is 4.79 Å². The Kier molecular flexibility index (Phi) is 6.90. The summed E-state index contributed by atoms with van der Waals surface area (Å²) in [5, 5.41) is 2.90. The van der Waals surface area contributed by atoms with E-state index in [1.165, 1.54) is 5.56 Å². The molecule has 19 heavy (non-hydrogen) atoms. The van der Waals surface area contributed by atoms with Crippen LogP contribution in [-0.2, 0) is 4.79 Å². The van der Waals surface area contributed by atoms with E-state index in [-0.39, 0.29) is 5.91 Å². The van der Waals surface area contributed by atoms with Crippen molar-refractivity contribution in [2.75, 3.05) is 26.2 Å². The summed E-state index contributed by atoms with van der Waals surface area (Å²) in [6, 6.07) is 8.08. The van der Waals surface area contributed by atoms with Crippen molar-refractivity contribution in [2.45, 2.75) is 20.8 Å². The van der Waals surface area contributed by atoms with Crippen LogP contribution in [-0.4, -0.2) is 37.0 Å². The molecule has 1 N–H and O–H groups in total. The minimum Gasteiger partial charge on any atom is -0.351 e. The van der Waals surface area contributed by atoms with Crippen molar-refractivity contribution < 1.29 is 4.79 Å². The van der Waals surface area contributed by atoms with Crippen LogP contribution in [0.25, 0.3) is 6.08 Å². The second-order valence-corrected chi connectivity index (χ2v) is 4.57. The molecular weight excluding hydrogens is 236 g/mol. The first-order valence-corrected chi connectivity index (χ1v) is 6.90. The largest absolute Gasteiger partial charge is 0.351 e. The van der Waals surface area contributed by atoms with Gasteiger partial charge in [-0.05, 0) is 31.7 Å². The predicted octanol–water partition coefficient (Wildman–Crippen LogP) is 2.47. The van der Waals surface area contributed by atoms with E-state index in [1.807, 2.05) is 31.2 Å². The average Bonchev–Trinajstić information content (AvgIpc) is 2.41. The number of nitrogens with zero attached hydrogens (tertiary/aromatic N) is 1. The average molecular weight is 260 g/mol. The Bertz CT molecular complexity index is 423. The predicted molar refractivity (Wildman–Crippen MR) is 81.0 cm³/mol. The summed E-state index contributed by atoms with van der Waals surface area (Å²) in [5.41, 5.74) is 2.25. The van der Waals surface area contributed by atoms with E-state index in [2.05, 4.69) is 30.1 Å². The van der Waals surface area contributed by atoms with Gasteiger partial charge >= 0.3 is 0 Å². The zero-order chi connectivity index (χ0) is 14.1. The molecular formula is C16H24N2O. The lowest BCUT2D eigenvalue weighted by Crippen LogP contribution is -2.34. The number of hydrogen-bond donors (Lipinski definition) is 1. The highest BCUT2D eigenvalue weighted by Crippen LogP contribution is 2.05. The SMILES string of the molecule is CCN(CC)CCNC(=O)C=Cc1cccc(C)c1. The number of hydrogen-bond acceptors (Lipinski definition) is 2. The number of rotatable bonds is 7. The van der Waals surface area contributed by atoms with Crippen molar-refractivity contribution in [1.29, 1.82) is 0 Å². The second-order valence-electron chi connectivity index (χ2n) is 4.57.